The third kappa shape index (κ3) is 3.66. The molecule has 2 aromatic rings. The first-order valence-corrected chi connectivity index (χ1v) is 8.43. The first kappa shape index (κ1) is 15.5. The summed E-state index contributed by atoms with van der Waals surface area (Å²) >= 11 is 7.63. The minimum Gasteiger partial charge on any atom is -0.368 e. The van der Waals surface area contributed by atoms with Crippen molar-refractivity contribution >= 4 is 34.0 Å². The molecule has 1 unspecified atom stereocenters. The van der Waals surface area contributed by atoms with Crippen molar-refractivity contribution in [3.8, 4) is 0 Å². The Hall–Kier alpha value is -1.43. The van der Waals surface area contributed by atoms with E-state index in [-0.39, 0.29) is 12.0 Å². The largest absolute Gasteiger partial charge is 0.368 e. The third-order valence-corrected chi connectivity index (χ3v) is 4.94. The summed E-state index contributed by atoms with van der Waals surface area (Å²) in [5, 5.41) is 4.22. The van der Waals surface area contributed by atoms with Gasteiger partial charge in [0.2, 0.25) is 0 Å². The maximum atomic E-state index is 12.0. The highest BCUT2D eigenvalue weighted by molar-refractivity contribution is 7.15. The molecule has 1 atom stereocenters. The molecular formula is C16H17ClN2O2S. The summed E-state index contributed by atoms with van der Waals surface area (Å²) in [6.07, 6.45) is 3.95. The van der Waals surface area contributed by atoms with E-state index in [1.54, 1.807) is 6.20 Å². The van der Waals surface area contributed by atoms with Gasteiger partial charge in [-0.15, -0.1) is 11.3 Å². The highest BCUT2D eigenvalue weighted by Gasteiger charge is 2.24. The lowest BCUT2D eigenvalue weighted by Crippen LogP contribution is -2.26. The number of rotatable bonds is 4. The fourth-order valence-corrected chi connectivity index (χ4v) is 3.42. The van der Waals surface area contributed by atoms with Gasteiger partial charge in [-0.3, -0.25) is 10.1 Å². The fourth-order valence-electron chi connectivity index (χ4n) is 2.36. The molecular weight excluding hydrogens is 320 g/mol. The number of ether oxygens (including phenoxy) is 1. The molecule has 116 valence electrons. The van der Waals surface area contributed by atoms with Crippen LogP contribution in [0.3, 0.4) is 0 Å². The molecule has 0 aliphatic carbocycles. The maximum Gasteiger partial charge on any atom is 0.255 e. The molecule has 1 aliphatic heterocycles. The van der Waals surface area contributed by atoms with Gasteiger partial charge in [0.25, 0.3) is 5.91 Å². The summed E-state index contributed by atoms with van der Waals surface area (Å²) < 4.78 is 5.36. The van der Waals surface area contributed by atoms with Crippen molar-refractivity contribution < 1.29 is 9.53 Å². The van der Waals surface area contributed by atoms with Crippen LogP contribution in [0.15, 0.2) is 24.4 Å². The van der Waals surface area contributed by atoms with Gasteiger partial charge in [-0.05, 0) is 37.0 Å². The van der Waals surface area contributed by atoms with E-state index >= 15 is 0 Å². The number of halogens is 1. The first-order chi connectivity index (χ1) is 10.6. The van der Waals surface area contributed by atoms with E-state index in [0.29, 0.717) is 11.7 Å². The third-order valence-electron chi connectivity index (χ3n) is 3.62. The molecule has 2 heterocycles. The summed E-state index contributed by atoms with van der Waals surface area (Å²) in [5.41, 5.74) is 2.20. The van der Waals surface area contributed by atoms with Crippen LogP contribution in [-0.4, -0.2) is 23.6 Å². The zero-order chi connectivity index (χ0) is 15.5. The van der Waals surface area contributed by atoms with Crippen LogP contribution < -0.4 is 5.32 Å². The Morgan fingerprint density at radius 2 is 2.41 bits per heavy atom. The van der Waals surface area contributed by atoms with Gasteiger partial charge in [0.15, 0.2) is 5.13 Å². The average molecular weight is 337 g/mol. The second kappa shape index (κ2) is 6.77. The minimum absolute atomic E-state index is 0.100. The highest BCUT2D eigenvalue weighted by Crippen LogP contribution is 2.24. The Kier molecular flexibility index (Phi) is 4.76. The van der Waals surface area contributed by atoms with Crippen LogP contribution in [0.25, 0.3) is 0 Å². The van der Waals surface area contributed by atoms with Gasteiger partial charge in [0.1, 0.15) is 6.10 Å². The summed E-state index contributed by atoms with van der Waals surface area (Å²) in [6, 6.07) is 6.05. The van der Waals surface area contributed by atoms with Crippen molar-refractivity contribution in [1.29, 1.82) is 0 Å². The van der Waals surface area contributed by atoms with Crippen molar-refractivity contribution in [1.82, 2.24) is 4.98 Å². The average Bonchev–Trinajstić information content (AvgIpc) is 3.15. The molecule has 1 aromatic carbocycles. The Morgan fingerprint density at radius 1 is 1.55 bits per heavy atom. The van der Waals surface area contributed by atoms with Crippen LogP contribution in [0.2, 0.25) is 5.02 Å². The summed E-state index contributed by atoms with van der Waals surface area (Å²) in [6.45, 7) is 2.65. The zero-order valence-electron chi connectivity index (χ0n) is 12.3. The van der Waals surface area contributed by atoms with Crippen LogP contribution in [0.4, 0.5) is 5.13 Å². The Balaban J connectivity index is 1.63. The lowest BCUT2D eigenvalue weighted by Gasteiger charge is -2.07. The number of hydrogen-bond acceptors (Lipinski definition) is 4. The number of carbonyl (C=O) groups is 1. The van der Waals surface area contributed by atoms with Gasteiger partial charge in [-0.1, -0.05) is 23.7 Å². The topological polar surface area (TPSA) is 51.2 Å². The molecule has 1 fully saturated rings. The molecule has 1 saturated heterocycles. The van der Waals surface area contributed by atoms with Gasteiger partial charge < -0.3 is 4.74 Å². The number of hydrogen-bond donors (Lipinski definition) is 1. The SMILES string of the molecule is Cc1ccc(Cc2cnc(NC(=O)C3CCCO3)s2)cc1Cl. The molecule has 1 amide bonds. The zero-order valence-corrected chi connectivity index (χ0v) is 13.8. The number of thiazole rings is 1. The van der Waals surface area contributed by atoms with E-state index in [1.165, 1.54) is 11.3 Å². The van der Waals surface area contributed by atoms with Crippen LogP contribution in [0.1, 0.15) is 28.8 Å². The van der Waals surface area contributed by atoms with Crippen LogP contribution in [-0.2, 0) is 16.0 Å². The smallest absolute Gasteiger partial charge is 0.255 e. The minimum atomic E-state index is -0.330. The monoisotopic (exact) mass is 336 g/mol. The van der Waals surface area contributed by atoms with Gasteiger partial charge >= 0.3 is 0 Å². The quantitative estimate of drug-likeness (QED) is 0.923. The van der Waals surface area contributed by atoms with Gasteiger partial charge in [0, 0.05) is 29.1 Å². The molecule has 0 radical (unpaired) electrons. The number of aryl methyl sites for hydroxylation is 1. The number of nitrogens with one attached hydrogen (secondary N) is 1. The molecule has 3 rings (SSSR count). The van der Waals surface area contributed by atoms with Crippen molar-refractivity contribution in [2.45, 2.75) is 32.3 Å². The highest BCUT2D eigenvalue weighted by atomic mass is 35.5. The molecule has 4 nitrogen and oxygen atoms in total. The molecule has 1 N–H and O–H groups in total. The van der Waals surface area contributed by atoms with Gasteiger partial charge in [0.05, 0.1) is 0 Å². The van der Waals surface area contributed by atoms with Gasteiger partial charge in [-0.2, -0.15) is 0 Å². The Labute approximate surface area is 138 Å². The maximum absolute atomic E-state index is 12.0. The number of anilines is 1. The second-order valence-electron chi connectivity index (χ2n) is 5.38. The molecule has 22 heavy (non-hydrogen) atoms. The predicted molar refractivity (Wildman–Crippen MR) is 88.7 cm³/mol. The second-order valence-corrected chi connectivity index (χ2v) is 6.91. The lowest BCUT2D eigenvalue weighted by atomic mass is 10.1. The lowest BCUT2D eigenvalue weighted by molar-refractivity contribution is -0.124. The van der Waals surface area contributed by atoms with E-state index in [4.69, 9.17) is 16.3 Å². The van der Waals surface area contributed by atoms with E-state index in [2.05, 4.69) is 16.4 Å². The summed E-state index contributed by atoms with van der Waals surface area (Å²) in [7, 11) is 0. The number of amides is 1. The Bertz CT molecular complexity index is 681. The normalized spacial score (nSPS) is 17.6. The Morgan fingerprint density at radius 3 is 3.14 bits per heavy atom. The number of benzene rings is 1. The number of nitrogens with zero attached hydrogens (tertiary/aromatic N) is 1. The predicted octanol–water partition coefficient (Wildman–Crippen LogP) is 3.81. The molecule has 1 aliphatic rings. The summed E-state index contributed by atoms with van der Waals surface area (Å²) in [4.78, 5) is 17.3. The van der Waals surface area contributed by atoms with Crippen molar-refractivity contribution in [2.24, 2.45) is 0 Å². The van der Waals surface area contributed by atoms with E-state index in [0.717, 1.165) is 40.3 Å². The number of aromatic nitrogens is 1. The van der Waals surface area contributed by atoms with Crippen LogP contribution in [0, 0.1) is 6.92 Å². The molecule has 0 bridgehead atoms. The molecule has 1 aromatic heterocycles. The van der Waals surface area contributed by atoms with Crippen LogP contribution >= 0.6 is 22.9 Å². The summed E-state index contributed by atoms with van der Waals surface area (Å²) in [5.74, 6) is -0.100. The standard InChI is InChI=1S/C16H17ClN2O2S/c1-10-4-5-11(8-13(10)17)7-12-9-18-16(22-12)19-15(20)14-3-2-6-21-14/h4-5,8-9,14H,2-3,6-7H2,1H3,(H,18,19,20). The van der Waals surface area contributed by atoms with Crippen molar-refractivity contribution in [3.05, 3.63) is 45.4 Å². The number of carbonyl (C=O) groups excluding carboxylic acids is 1. The molecule has 0 saturated carbocycles. The molecule has 6 heteroatoms. The molecule has 0 spiro atoms. The van der Waals surface area contributed by atoms with Crippen LogP contribution in [0.5, 0.6) is 0 Å². The van der Waals surface area contributed by atoms with Crippen molar-refractivity contribution in [2.75, 3.05) is 11.9 Å². The van der Waals surface area contributed by atoms with E-state index in [9.17, 15) is 4.79 Å². The fraction of sp³-hybridized carbons (Fsp3) is 0.375. The first-order valence-electron chi connectivity index (χ1n) is 7.24. The van der Waals surface area contributed by atoms with Gasteiger partial charge in [-0.25, -0.2) is 4.98 Å². The van der Waals surface area contributed by atoms with Crippen molar-refractivity contribution in [3.63, 3.8) is 0 Å². The van der Waals surface area contributed by atoms with E-state index in [1.807, 2.05) is 19.1 Å². The van der Waals surface area contributed by atoms with E-state index < -0.39 is 0 Å².